The van der Waals surface area contributed by atoms with Crippen molar-refractivity contribution in [3.05, 3.63) is 47.8 Å². The van der Waals surface area contributed by atoms with Crippen LogP contribution in [0, 0.1) is 6.92 Å². The van der Waals surface area contributed by atoms with E-state index in [1.807, 2.05) is 19.1 Å². The molecule has 0 aromatic carbocycles. The lowest BCUT2D eigenvalue weighted by molar-refractivity contribution is -0.131. The number of amides is 1. The molecule has 1 fully saturated rings. The van der Waals surface area contributed by atoms with Gasteiger partial charge in [-0.3, -0.25) is 14.8 Å². The molecule has 9 heteroatoms. The van der Waals surface area contributed by atoms with Gasteiger partial charge in [-0.1, -0.05) is 0 Å². The van der Waals surface area contributed by atoms with Crippen LogP contribution < -0.4 is 5.32 Å². The molecule has 1 aliphatic heterocycles. The monoisotopic (exact) mass is 375 g/mol. The average molecular weight is 375 g/mol. The molecule has 1 saturated heterocycles. The zero-order valence-corrected chi connectivity index (χ0v) is 14.6. The van der Waals surface area contributed by atoms with Crippen molar-refractivity contribution in [2.45, 2.75) is 31.0 Å². The zero-order chi connectivity index (χ0) is 19.6. The third-order valence-electron chi connectivity index (χ3n) is 4.48. The summed E-state index contributed by atoms with van der Waals surface area (Å²) in [6, 6.07) is 6.64. The highest BCUT2D eigenvalue weighted by atomic mass is 16.6. The Balaban J connectivity index is 1.85. The fourth-order valence-electron chi connectivity index (χ4n) is 2.96. The Morgan fingerprint density at radius 3 is 2.44 bits per heavy atom. The molecule has 9 nitrogen and oxygen atoms in total. The molecule has 0 spiro atoms. The minimum Gasteiger partial charge on any atom is -0.394 e. The first-order valence-corrected chi connectivity index (χ1v) is 8.37. The molecule has 0 aliphatic carbocycles. The van der Waals surface area contributed by atoms with Crippen LogP contribution >= 0.6 is 0 Å². The van der Waals surface area contributed by atoms with Crippen molar-refractivity contribution in [2.75, 3.05) is 13.2 Å². The van der Waals surface area contributed by atoms with Crippen molar-refractivity contribution in [2.24, 2.45) is 0 Å². The van der Waals surface area contributed by atoms with Crippen LogP contribution in [0.15, 0.2) is 36.7 Å². The number of hydrogen-bond acceptors (Lipinski definition) is 8. The maximum Gasteiger partial charge on any atom is 0.253 e. The molecule has 2 aromatic heterocycles. The van der Waals surface area contributed by atoms with E-state index in [9.17, 15) is 25.2 Å². The van der Waals surface area contributed by atoms with Crippen LogP contribution in [-0.4, -0.2) is 73.6 Å². The third-order valence-corrected chi connectivity index (χ3v) is 4.48. The predicted octanol–water partition coefficient (Wildman–Crippen LogP) is -1.02. The Hall–Kier alpha value is -2.43. The number of aromatic nitrogens is 2. The molecule has 4 atom stereocenters. The number of hydrogen-bond donors (Lipinski definition) is 5. The summed E-state index contributed by atoms with van der Waals surface area (Å²) in [5.41, 5.74) is 0.339. The summed E-state index contributed by atoms with van der Waals surface area (Å²) in [5.74, 6) is -0.648. The van der Waals surface area contributed by atoms with Gasteiger partial charge in [0, 0.05) is 18.0 Å². The second kappa shape index (κ2) is 7.67. The van der Waals surface area contributed by atoms with Crippen molar-refractivity contribution in [3.8, 4) is 11.4 Å². The number of aryl methyl sites for hydroxylation is 1. The van der Waals surface area contributed by atoms with Crippen molar-refractivity contribution < 1.29 is 30.0 Å². The number of aliphatic hydroxyl groups excluding tert-OH is 4. The van der Waals surface area contributed by atoms with Gasteiger partial charge < -0.3 is 30.5 Å². The average Bonchev–Trinajstić information content (AvgIpc) is 2.93. The first-order chi connectivity index (χ1) is 12.9. The summed E-state index contributed by atoms with van der Waals surface area (Å²) in [7, 11) is 0. The molecule has 0 saturated carbocycles. The topological polar surface area (TPSA) is 145 Å². The summed E-state index contributed by atoms with van der Waals surface area (Å²) in [5, 5.41) is 41.4. The van der Waals surface area contributed by atoms with Crippen molar-refractivity contribution in [1.29, 1.82) is 0 Å². The summed E-state index contributed by atoms with van der Waals surface area (Å²) < 4.78 is 5.33. The van der Waals surface area contributed by atoms with E-state index in [0.717, 1.165) is 5.56 Å². The van der Waals surface area contributed by atoms with Gasteiger partial charge in [0.1, 0.15) is 18.3 Å². The SMILES string of the molecule is Cc1ccnc(-c2cc(C(=O)N[C@]3(CO)O[C@H](CO)[C@@H](O)[C@@H]3O)ccn2)c1. The van der Waals surface area contributed by atoms with Gasteiger partial charge >= 0.3 is 0 Å². The van der Waals surface area contributed by atoms with Crippen molar-refractivity contribution in [3.63, 3.8) is 0 Å². The van der Waals surface area contributed by atoms with Crippen LogP contribution in [0.5, 0.6) is 0 Å². The summed E-state index contributed by atoms with van der Waals surface area (Å²) in [4.78, 5) is 21.1. The minimum atomic E-state index is -1.92. The van der Waals surface area contributed by atoms with Crippen molar-refractivity contribution >= 4 is 5.91 Å². The molecule has 27 heavy (non-hydrogen) atoms. The molecule has 1 amide bonds. The predicted molar refractivity (Wildman–Crippen MR) is 93.5 cm³/mol. The molecular weight excluding hydrogens is 354 g/mol. The highest BCUT2D eigenvalue weighted by Gasteiger charge is 2.54. The summed E-state index contributed by atoms with van der Waals surface area (Å²) >= 11 is 0. The normalized spacial score (nSPS) is 27.5. The molecule has 0 unspecified atom stereocenters. The second-order valence-electron chi connectivity index (χ2n) is 6.42. The standard InChI is InChI=1S/C18H21N3O6/c1-10-2-4-19-12(6-10)13-7-11(3-5-20-13)17(26)21-18(9-23)16(25)15(24)14(8-22)27-18/h2-7,14-16,22-25H,8-9H2,1H3,(H,21,26)/t14-,15-,16+,18-/m1/s1. The lowest BCUT2D eigenvalue weighted by atomic mass is 10.0. The molecule has 3 heterocycles. The zero-order valence-electron chi connectivity index (χ0n) is 14.6. The minimum absolute atomic E-state index is 0.203. The van der Waals surface area contributed by atoms with E-state index in [2.05, 4.69) is 15.3 Å². The van der Waals surface area contributed by atoms with E-state index >= 15 is 0 Å². The molecule has 5 N–H and O–H groups in total. The van der Waals surface area contributed by atoms with Crippen LogP contribution in [-0.2, 0) is 4.74 Å². The maximum absolute atomic E-state index is 12.7. The van der Waals surface area contributed by atoms with Crippen LogP contribution in [0.2, 0.25) is 0 Å². The fourth-order valence-corrected chi connectivity index (χ4v) is 2.96. The van der Waals surface area contributed by atoms with Gasteiger partial charge in [-0.25, -0.2) is 0 Å². The lowest BCUT2D eigenvalue weighted by Crippen LogP contribution is -2.59. The van der Waals surface area contributed by atoms with E-state index in [0.29, 0.717) is 11.4 Å². The number of ether oxygens (including phenoxy) is 1. The number of carbonyl (C=O) groups excluding carboxylic acids is 1. The molecule has 0 radical (unpaired) electrons. The maximum atomic E-state index is 12.7. The number of nitrogens with zero attached hydrogens (tertiary/aromatic N) is 2. The van der Waals surface area contributed by atoms with E-state index in [4.69, 9.17) is 4.74 Å². The number of aliphatic hydroxyl groups is 4. The van der Waals surface area contributed by atoms with E-state index < -0.39 is 43.2 Å². The Kier molecular flexibility index (Phi) is 5.49. The van der Waals surface area contributed by atoms with E-state index in [1.165, 1.54) is 18.3 Å². The molecule has 144 valence electrons. The number of nitrogens with one attached hydrogen (secondary N) is 1. The number of rotatable bonds is 5. The summed E-state index contributed by atoms with van der Waals surface area (Å²) in [6.45, 7) is 0.549. The largest absolute Gasteiger partial charge is 0.394 e. The Morgan fingerprint density at radius 2 is 1.85 bits per heavy atom. The van der Waals surface area contributed by atoms with E-state index in [-0.39, 0.29) is 5.56 Å². The molecule has 1 aliphatic rings. The van der Waals surface area contributed by atoms with Gasteiger partial charge in [-0.05, 0) is 36.8 Å². The van der Waals surface area contributed by atoms with Gasteiger partial charge in [0.15, 0.2) is 5.72 Å². The Bertz CT molecular complexity index is 832. The molecular formula is C18H21N3O6. The van der Waals surface area contributed by atoms with Gasteiger partial charge in [-0.15, -0.1) is 0 Å². The molecule has 3 rings (SSSR count). The van der Waals surface area contributed by atoms with Crippen LogP contribution in [0.25, 0.3) is 11.4 Å². The van der Waals surface area contributed by atoms with Crippen LogP contribution in [0.3, 0.4) is 0 Å². The fraction of sp³-hybridized carbons (Fsp3) is 0.389. The van der Waals surface area contributed by atoms with Crippen LogP contribution in [0.1, 0.15) is 15.9 Å². The highest BCUT2D eigenvalue weighted by molar-refractivity contribution is 5.95. The Labute approximate surface area is 155 Å². The number of pyridine rings is 2. The first kappa shape index (κ1) is 19.3. The van der Waals surface area contributed by atoms with E-state index in [1.54, 1.807) is 6.20 Å². The quantitative estimate of drug-likeness (QED) is 0.447. The molecule has 0 bridgehead atoms. The van der Waals surface area contributed by atoms with Crippen molar-refractivity contribution in [1.82, 2.24) is 15.3 Å². The molecule has 2 aromatic rings. The first-order valence-electron chi connectivity index (χ1n) is 8.37. The van der Waals surface area contributed by atoms with Gasteiger partial charge in [0.05, 0.1) is 24.6 Å². The van der Waals surface area contributed by atoms with Crippen LogP contribution in [0.4, 0.5) is 0 Å². The third kappa shape index (κ3) is 3.68. The number of carbonyl (C=O) groups is 1. The van der Waals surface area contributed by atoms with Gasteiger partial charge in [0.25, 0.3) is 5.91 Å². The second-order valence-corrected chi connectivity index (χ2v) is 6.42. The van der Waals surface area contributed by atoms with Gasteiger partial charge in [0.2, 0.25) is 0 Å². The summed E-state index contributed by atoms with van der Waals surface area (Å²) in [6.07, 6.45) is -1.11. The Morgan fingerprint density at radius 1 is 1.19 bits per heavy atom. The highest BCUT2D eigenvalue weighted by Crippen LogP contribution is 2.29. The smallest absolute Gasteiger partial charge is 0.253 e. The lowest BCUT2D eigenvalue weighted by Gasteiger charge is -2.31. The van der Waals surface area contributed by atoms with Gasteiger partial charge in [-0.2, -0.15) is 0 Å².